The largest absolute Gasteiger partial charge is 0.506 e. The fraction of sp³-hybridized carbons (Fsp3) is 0.389. The van der Waals surface area contributed by atoms with E-state index in [0.29, 0.717) is 5.69 Å². The summed E-state index contributed by atoms with van der Waals surface area (Å²) in [5.74, 6) is -1.70. The Kier molecular flexibility index (Phi) is 5.27. The number of ether oxygens (including phenoxy) is 1. The summed E-state index contributed by atoms with van der Waals surface area (Å²) < 4.78 is 4.88. The molecule has 25 heavy (non-hydrogen) atoms. The lowest BCUT2D eigenvalue weighted by Crippen LogP contribution is -2.44. The second-order valence-corrected chi connectivity index (χ2v) is 5.90. The number of hydrogen-bond acceptors (Lipinski definition) is 6. The number of esters is 1. The van der Waals surface area contributed by atoms with Crippen LogP contribution in [0.3, 0.4) is 0 Å². The third-order valence-corrected chi connectivity index (χ3v) is 3.91. The third kappa shape index (κ3) is 3.71. The normalized spacial score (nSPS) is 19.6. The summed E-state index contributed by atoms with van der Waals surface area (Å²) in [6, 6.07) is 7.13. The molecule has 1 heterocycles. The van der Waals surface area contributed by atoms with E-state index in [-0.39, 0.29) is 30.3 Å². The molecule has 0 saturated carbocycles. The number of aryl methyl sites for hydroxylation is 1. The predicted molar refractivity (Wildman–Crippen MR) is 93.6 cm³/mol. The summed E-state index contributed by atoms with van der Waals surface area (Å²) in [4.78, 5) is 29.3. The third-order valence-electron chi connectivity index (χ3n) is 3.91. The predicted octanol–water partition coefficient (Wildman–Crippen LogP) is 1.89. The molecule has 2 N–H and O–H groups in total. The van der Waals surface area contributed by atoms with Crippen LogP contribution in [0, 0.1) is 6.92 Å². The Bertz CT molecular complexity index is 751. The highest BCUT2D eigenvalue weighted by Crippen LogP contribution is 2.31. The fourth-order valence-electron chi connectivity index (χ4n) is 2.65. The van der Waals surface area contributed by atoms with Crippen molar-refractivity contribution in [3.63, 3.8) is 0 Å². The Morgan fingerprint density at radius 1 is 1.24 bits per heavy atom. The van der Waals surface area contributed by atoms with E-state index in [0.717, 1.165) is 5.56 Å². The first kappa shape index (κ1) is 18.7. The summed E-state index contributed by atoms with van der Waals surface area (Å²) in [5.41, 5.74) is -0.532. The molecule has 0 aliphatic carbocycles. The van der Waals surface area contributed by atoms with Gasteiger partial charge in [-0.3, -0.25) is 4.79 Å². The summed E-state index contributed by atoms with van der Waals surface area (Å²) >= 11 is 0. The number of aliphatic imine (C=N–C) groups is 1. The minimum absolute atomic E-state index is 0.129. The number of carbonyl (C=O) groups is 2. The lowest BCUT2D eigenvalue weighted by Gasteiger charge is -2.29. The van der Waals surface area contributed by atoms with E-state index in [1.54, 1.807) is 19.1 Å². The van der Waals surface area contributed by atoms with Crippen LogP contribution >= 0.6 is 0 Å². The van der Waals surface area contributed by atoms with Gasteiger partial charge in [-0.2, -0.15) is 0 Å². The van der Waals surface area contributed by atoms with Crippen molar-refractivity contribution in [3.05, 3.63) is 41.2 Å². The Morgan fingerprint density at radius 2 is 1.84 bits per heavy atom. The zero-order valence-electron chi connectivity index (χ0n) is 14.7. The molecule has 0 aromatic heterocycles. The van der Waals surface area contributed by atoms with Crippen molar-refractivity contribution < 1.29 is 24.5 Å². The summed E-state index contributed by atoms with van der Waals surface area (Å²) in [6.07, 6.45) is 0. The molecule has 7 heteroatoms. The zero-order valence-corrected chi connectivity index (χ0v) is 14.7. The fourth-order valence-corrected chi connectivity index (χ4v) is 2.65. The monoisotopic (exact) mass is 346 g/mol. The smallest absolute Gasteiger partial charge is 0.343 e. The first-order valence-electron chi connectivity index (χ1n) is 7.94. The molecule has 2 rings (SSSR count). The molecule has 0 radical (unpaired) electrons. The van der Waals surface area contributed by atoms with Crippen molar-refractivity contribution in [2.24, 2.45) is 4.99 Å². The van der Waals surface area contributed by atoms with Crippen molar-refractivity contribution in [1.29, 1.82) is 0 Å². The van der Waals surface area contributed by atoms with Crippen LogP contribution in [0.15, 0.2) is 40.6 Å². The molecule has 1 aromatic carbocycles. The molecule has 0 fully saturated rings. The van der Waals surface area contributed by atoms with Gasteiger partial charge in [-0.15, -0.1) is 0 Å². The van der Waals surface area contributed by atoms with Crippen molar-refractivity contribution in [3.8, 4) is 0 Å². The molecule has 0 spiro atoms. The summed E-state index contributed by atoms with van der Waals surface area (Å²) in [7, 11) is 0. The molecule has 1 unspecified atom stereocenters. The minimum atomic E-state index is -2.09. The van der Waals surface area contributed by atoms with Crippen LogP contribution in [0.25, 0.3) is 0 Å². The van der Waals surface area contributed by atoms with Crippen molar-refractivity contribution in [1.82, 2.24) is 0 Å². The van der Waals surface area contributed by atoms with Gasteiger partial charge in [0.25, 0.3) is 0 Å². The topological polar surface area (TPSA) is 99.4 Å². The van der Waals surface area contributed by atoms with Gasteiger partial charge in [0, 0.05) is 12.6 Å². The standard InChI is InChI=1S/C18H22N2O5/c1-5-25-17(23)15-12(3)19-18(24,16(15)22)10-20(13(4)21)14-8-6-11(2)7-9-14/h6-9,22,24H,5,10H2,1-4H3. The lowest BCUT2D eigenvalue weighted by molar-refractivity contribution is -0.138. The highest BCUT2D eigenvalue weighted by molar-refractivity contribution is 6.21. The second-order valence-electron chi connectivity index (χ2n) is 5.90. The van der Waals surface area contributed by atoms with Crippen LogP contribution in [-0.4, -0.2) is 46.7 Å². The van der Waals surface area contributed by atoms with E-state index in [1.165, 1.54) is 18.7 Å². The highest BCUT2D eigenvalue weighted by atomic mass is 16.5. The Balaban J connectivity index is 2.37. The second kappa shape index (κ2) is 7.06. The number of rotatable bonds is 5. The van der Waals surface area contributed by atoms with Gasteiger partial charge >= 0.3 is 5.97 Å². The molecule has 1 aliphatic rings. The molecular weight excluding hydrogens is 324 g/mol. The van der Waals surface area contributed by atoms with Crippen LogP contribution in [-0.2, 0) is 14.3 Å². The minimum Gasteiger partial charge on any atom is -0.506 e. The molecule has 1 amide bonds. The average Bonchev–Trinajstić information content (AvgIpc) is 2.75. The van der Waals surface area contributed by atoms with Crippen LogP contribution in [0.1, 0.15) is 26.3 Å². The molecule has 7 nitrogen and oxygen atoms in total. The van der Waals surface area contributed by atoms with Gasteiger partial charge in [0.15, 0.2) is 5.76 Å². The molecule has 1 aromatic rings. The van der Waals surface area contributed by atoms with E-state index in [4.69, 9.17) is 4.74 Å². The van der Waals surface area contributed by atoms with Gasteiger partial charge < -0.3 is 19.8 Å². The van der Waals surface area contributed by atoms with Gasteiger partial charge in [0.05, 0.1) is 18.9 Å². The Labute approximate surface area is 146 Å². The quantitative estimate of drug-likeness (QED) is 0.793. The first-order valence-corrected chi connectivity index (χ1v) is 7.94. The van der Waals surface area contributed by atoms with Crippen LogP contribution in [0.4, 0.5) is 5.69 Å². The molecule has 0 bridgehead atoms. The molecule has 1 aliphatic heterocycles. The van der Waals surface area contributed by atoms with Gasteiger partial charge in [0.1, 0.15) is 5.57 Å². The number of carbonyl (C=O) groups excluding carboxylic acids is 2. The van der Waals surface area contributed by atoms with E-state index in [2.05, 4.69) is 4.99 Å². The number of amides is 1. The van der Waals surface area contributed by atoms with Gasteiger partial charge in [0.2, 0.25) is 11.6 Å². The van der Waals surface area contributed by atoms with E-state index < -0.39 is 17.5 Å². The number of anilines is 1. The van der Waals surface area contributed by atoms with Gasteiger partial charge in [-0.1, -0.05) is 17.7 Å². The summed E-state index contributed by atoms with van der Waals surface area (Å²) in [6.45, 7) is 6.20. The van der Waals surface area contributed by atoms with Crippen molar-refractivity contribution in [2.75, 3.05) is 18.1 Å². The van der Waals surface area contributed by atoms with Crippen LogP contribution in [0.2, 0.25) is 0 Å². The number of benzene rings is 1. The van der Waals surface area contributed by atoms with Gasteiger partial charge in [-0.25, -0.2) is 9.79 Å². The van der Waals surface area contributed by atoms with E-state index in [9.17, 15) is 19.8 Å². The van der Waals surface area contributed by atoms with Gasteiger partial charge in [-0.05, 0) is 32.9 Å². The Morgan fingerprint density at radius 3 is 2.36 bits per heavy atom. The highest BCUT2D eigenvalue weighted by Gasteiger charge is 2.44. The number of aliphatic hydroxyl groups is 2. The van der Waals surface area contributed by atoms with Crippen molar-refractivity contribution >= 4 is 23.3 Å². The van der Waals surface area contributed by atoms with Crippen LogP contribution in [0.5, 0.6) is 0 Å². The Hall–Kier alpha value is -2.67. The maximum absolute atomic E-state index is 12.0. The van der Waals surface area contributed by atoms with Crippen molar-refractivity contribution in [2.45, 2.75) is 33.4 Å². The van der Waals surface area contributed by atoms with E-state index >= 15 is 0 Å². The van der Waals surface area contributed by atoms with Crippen LogP contribution < -0.4 is 4.90 Å². The first-order chi connectivity index (χ1) is 11.7. The summed E-state index contributed by atoms with van der Waals surface area (Å²) in [5, 5.41) is 21.1. The molecular formula is C18H22N2O5. The molecule has 1 atom stereocenters. The molecule has 0 saturated heterocycles. The number of aliphatic hydroxyl groups excluding tert-OH is 1. The maximum atomic E-state index is 12.0. The average molecular weight is 346 g/mol. The zero-order chi connectivity index (χ0) is 18.8. The SMILES string of the molecule is CCOC(=O)C1=C(O)C(O)(CN(C(C)=O)c2ccc(C)cc2)N=C1C. The lowest BCUT2D eigenvalue weighted by atomic mass is 10.1. The number of nitrogens with zero attached hydrogens (tertiary/aromatic N) is 2. The number of hydrogen-bond donors (Lipinski definition) is 2. The maximum Gasteiger partial charge on any atom is 0.343 e. The molecule has 134 valence electrons. The van der Waals surface area contributed by atoms with E-state index in [1.807, 2.05) is 19.1 Å².